The molecule has 0 aliphatic carbocycles. The molecule has 0 saturated carbocycles. The third-order valence-electron chi connectivity index (χ3n) is 4.83. The molecular formula is C25H22N4O2S. The van der Waals surface area contributed by atoms with Crippen LogP contribution in [0.2, 0.25) is 0 Å². The lowest BCUT2D eigenvalue weighted by Crippen LogP contribution is -2.31. The molecule has 1 heterocycles. The Morgan fingerprint density at radius 3 is 2.12 bits per heavy atom. The van der Waals surface area contributed by atoms with Crippen LogP contribution in [0.15, 0.2) is 90.1 Å². The van der Waals surface area contributed by atoms with E-state index in [1.165, 1.54) is 6.92 Å². The first-order valence-corrected chi connectivity index (χ1v) is 11.0. The second-order valence-electron chi connectivity index (χ2n) is 7.31. The summed E-state index contributed by atoms with van der Waals surface area (Å²) in [5, 5.41) is 11.1. The van der Waals surface area contributed by atoms with Crippen molar-refractivity contribution in [1.82, 2.24) is 14.8 Å². The average molecular weight is 443 g/mol. The van der Waals surface area contributed by atoms with E-state index in [0.29, 0.717) is 16.7 Å². The standard InChI is InChI=1S/C25H22N4O2S/c1-17-13-15-19(16-14-17)23-27-28-25(29(23)21-11-7-4-8-12-21)32-22(18(2)30)24(31)26-20-9-5-3-6-10-20/h3-16,22H,1-2H3,(H,26,31). The number of para-hydroxylation sites is 2. The number of ketones is 1. The SMILES string of the molecule is CC(=O)C(Sc1nnc(-c2ccc(C)cc2)n1-c1ccccc1)C(=O)Nc1ccccc1. The highest BCUT2D eigenvalue weighted by Gasteiger charge is 2.28. The quantitative estimate of drug-likeness (QED) is 0.324. The van der Waals surface area contributed by atoms with Crippen LogP contribution in [-0.2, 0) is 9.59 Å². The van der Waals surface area contributed by atoms with Crippen molar-refractivity contribution < 1.29 is 9.59 Å². The van der Waals surface area contributed by atoms with Gasteiger partial charge >= 0.3 is 0 Å². The minimum absolute atomic E-state index is 0.261. The molecule has 4 rings (SSSR count). The van der Waals surface area contributed by atoms with Crippen LogP contribution in [0.25, 0.3) is 17.1 Å². The summed E-state index contributed by atoms with van der Waals surface area (Å²) in [6, 6.07) is 26.7. The Morgan fingerprint density at radius 1 is 0.875 bits per heavy atom. The molecule has 0 saturated heterocycles. The predicted octanol–water partition coefficient (Wildman–Crippen LogP) is 4.93. The molecule has 7 heteroatoms. The number of amides is 1. The van der Waals surface area contributed by atoms with Crippen molar-refractivity contribution in [1.29, 1.82) is 0 Å². The second kappa shape index (κ2) is 9.62. The lowest BCUT2D eigenvalue weighted by atomic mass is 10.1. The molecule has 1 aromatic heterocycles. The molecule has 4 aromatic rings. The van der Waals surface area contributed by atoms with Crippen LogP contribution < -0.4 is 5.32 Å². The van der Waals surface area contributed by atoms with E-state index in [1.54, 1.807) is 12.1 Å². The number of nitrogens with one attached hydrogen (secondary N) is 1. The number of aromatic nitrogens is 3. The smallest absolute Gasteiger partial charge is 0.245 e. The largest absolute Gasteiger partial charge is 0.325 e. The van der Waals surface area contributed by atoms with Crippen molar-refractivity contribution in [3.05, 3.63) is 90.5 Å². The molecular weight excluding hydrogens is 420 g/mol. The number of rotatable bonds is 7. The lowest BCUT2D eigenvalue weighted by molar-refractivity contribution is -0.123. The summed E-state index contributed by atoms with van der Waals surface area (Å²) in [4.78, 5) is 25.3. The molecule has 1 unspecified atom stereocenters. The van der Waals surface area contributed by atoms with Crippen molar-refractivity contribution in [3.63, 3.8) is 0 Å². The number of anilines is 1. The fraction of sp³-hybridized carbons (Fsp3) is 0.120. The van der Waals surface area contributed by atoms with Crippen molar-refractivity contribution in [2.75, 3.05) is 5.32 Å². The van der Waals surface area contributed by atoms with Crippen LogP contribution >= 0.6 is 11.8 Å². The van der Waals surface area contributed by atoms with Gasteiger partial charge in [0.1, 0.15) is 5.25 Å². The van der Waals surface area contributed by atoms with Crippen LogP contribution in [0.4, 0.5) is 5.69 Å². The molecule has 0 radical (unpaired) electrons. The summed E-state index contributed by atoms with van der Waals surface area (Å²) in [7, 11) is 0. The molecule has 160 valence electrons. The number of Topliss-reactive ketones (excluding diaryl/α,β-unsaturated/α-hetero) is 1. The van der Waals surface area contributed by atoms with Gasteiger partial charge in [-0.3, -0.25) is 14.2 Å². The predicted molar refractivity (Wildman–Crippen MR) is 127 cm³/mol. The first-order valence-electron chi connectivity index (χ1n) is 10.1. The minimum atomic E-state index is -0.965. The third-order valence-corrected chi connectivity index (χ3v) is 6.09. The number of thioether (sulfide) groups is 1. The molecule has 1 atom stereocenters. The minimum Gasteiger partial charge on any atom is -0.325 e. The maximum atomic E-state index is 12.9. The van der Waals surface area contributed by atoms with Gasteiger partial charge in [0.2, 0.25) is 5.91 Å². The molecule has 0 aliphatic rings. The fourth-order valence-corrected chi connectivity index (χ4v) is 4.13. The summed E-state index contributed by atoms with van der Waals surface area (Å²) in [5.41, 5.74) is 3.52. The van der Waals surface area contributed by atoms with E-state index in [2.05, 4.69) is 15.5 Å². The van der Waals surface area contributed by atoms with Crippen LogP contribution in [0.5, 0.6) is 0 Å². The second-order valence-corrected chi connectivity index (χ2v) is 8.38. The van der Waals surface area contributed by atoms with Crippen molar-refractivity contribution >= 4 is 29.1 Å². The number of carbonyl (C=O) groups excluding carboxylic acids is 2. The molecule has 0 spiro atoms. The number of hydrogen-bond acceptors (Lipinski definition) is 5. The highest BCUT2D eigenvalue weighted by Crippen LogP contribution is 2.31. The Bertz CT molecular complexity index is 1220. The summed E-state index contributed by atoms with van der Waals surface area (Å²) in [5.74, 6) is -0.0133. The Morgan fingerprint density at radius 2 is 1.50 bits per heavy atom. The van der Waals surface area contributed by atoms with E-state index in [1.807, 2.05) is 84.3 Å². The summed E-state index contributed by atoms with van der Waals surface area (Å²) >= 11 is 1.09. The highest BCUT2D eigenvalue weighted by atomic mass is 32.2. The van der Waals surface area contributed by atoms with Crippen LogP contribution in [0.1, 0.15) is 12.5 Å². The van der Waals surface area contributed by atoms with Gasteiger partial charge < -0.3 is 5.32 Å². The molecule has 0 fully saturated rings. The summed E-state index contributed by atoms with van der Waals surface area (Å²) in [6.07, 6.45) is 0. The first-order chi connectivity index (χ1) is 15.5. The maximum absolute atomic E-state index is 12.9. The average Bonchev–Trinajstić information content (AvgIpc) is 3.22. The number of aryl methyl sites for hydroxylation is 1. The number of carbonyl (C=O) groups is 2. The Balaban J connectivity index is 1.71. The Labute approximate surface area is 190 Å². The zero-order valence-electron chi connectivity index (χ0n) is 17.7. The number of benzene rings is 3. The monoisotopic (exact) mass is 442 g/mol. The van der Waals surface area contributed by atoms with Gasteiger partial charge in [0.25, 0.3) is 0 Å². The van der Waals surface area contributed by atoms with Gasteiger partial charge in [-0.25, -0.2) is 0 Å². The maximum Gasteiger partial charge on any atom is 0.245 e. The molecule has 6 nitrogen and oxygen atoms in total. The van der Waals surface area contributed by atoms with Crippen LogP contribution in [0.3, 0.4) is 0 Å². The van der Waals surface area contributed by atoms with E-state index in [9.17, 15) is 9.59 Å². The van der Waals surface area contributed by atoms with E-state index in [4.69, 9.17) is 0 Å². The molecule has 0 bridgehead atoms. The zero-order chi connectivity index (χ0) is 22.5. The summed E-state index contributed by atoms with van der Waals surface area (Å²) in [6.45, 7) is 3.43. The van der Waals surface area contributed by atoms with E-state index >= 15 is 0 Å². The van der Waals surface area contributed by atoms with Gasteiger partial charge in [-0.05, 0) is 38.1 Å². The molecule has 1 amide bonds. The number of nitrogens with zero attached hydrogens (tertiary/aromatic N) is 3. The molecule has 0 aliphatic heterocycles. The molecule has 32 heavy (non-hydrogen) atoms. The van der Waals surface area contributed by atoms with Gasteiger partial charge in [-0.2, -0.15) is 0 Å². The fourth-order valence-electron chi connectivity index (χ4n) is 3.20. The normalized spacial score (nSPS) is 11.7. The van der Waals surface area contributed by atoms with E-state index in [0.717, 1.165) is 28.6 Å². The number of hydrogen-bond donors (Lipinski definition) is 1. The van der Waals surface area contributed by atoms with E-state index < -0.39 is 11.2 Å². The Kier molecular flexibility index (Phi) is 6.47. The third kappa shape index (κ3) is 4.78. The zero-order valence-corrected chi connectivity index (χ0v) is 18.5. The lowest BCUT2D eigenvalue weighted by Gasteiger charge is -2.15. The van der Waals surface area contributed by atoms with Crippen molar-refractivity contribution in [2.24, 2.45) is 0 Å². The van der Waals surface area contributed by atoms with E-state index in [-0.39, 0.29) is 5.78 Å². The molecule has 3 aromatic carbocycles. The van der Waals surface area contributed by atoms with Gasteiger partial charge in [0, 0.05) is 16.9 Å². The Hall–Kier alpha value is -3.71. The van der Waals surface area contributed by atoms with Crippen LogP contribution in [0, 0.1) is 6.92 Å². The van der Waals surface area contributed by atoms with Crippen molar-refractivity contribution in [3.8, 4) is 17.1 Å². The van der Waals surface area contributed by atoms with Gasteiger partial charge in [-0.15, -0.1) is 10.2 Å². The highest BCUT2D eigenvalue weighted by molar-refractivity contribution is 8.01. The molecule has 1 N–H and O–H groups in total. The van der Waals surface area contributed by atoms with Gasteiger partial charge in [0.15, 0.2) is 16.8 Å². The van der Waals surface area contributed by atoms with Gasteiger partial charge in [0.05, 0.1) is 0 Å². The summed E-state index contributed by atoms with van der Waals surface area (Å²) < 4.78 is 1.88. The first kappa shape index (κ1) is 21.5. The van der Waals surface area contributed by atoms with Crippen molar-refractivity contribution in [2.45, 2.75) is 24.3 Å². The topological polar surface area (TPSA) is 76.9 Å². The van der Waals surface area contributed by atoms with Crippen LogP contribution in [-0.4, -0.2) is 31.7 Å². The van der Waals surface area contributed by atoms with Gasteiger partial charge in [-0.1, -0.05) is 78.0 Å².